The SMILES string of the molecule is CCF.O=[PH](O)O. The van der Waals surface area contributed by atoms with Crippen LogP contribution in [0, 0.1) is 0 Å². The first-order chi connectivity index (χ1) is 3.15. The fourth-order valence-corrected chi connectivity index (χ4v) is 0. The molecule has 0 aromatic rings. The molecule has 0 rings (SSSR count). The second kappa shape index (κ2) is 9.43. The van der Waals surface area contributed by atoms with E-state index in [2.05, 4.69) is 0 Å². The van der Waals surface area contributed by atoms with Crippen molar-refractivity contribution in [3.63, 3.8) is 0 Å². The molecule has 3 nitrogen and oxygen atoms in total. The molecule has 0 bridgehead atoms. The average molecular weight is 130 g/mol. The fourth-order valence-electron chi connectivity index (χ4n) is 0. The summed E-state index contributed by atoms with van der Waals surface area (Å²) in [5, 5.41) is 0. The Morgan fingerprint density at radius 1 is 1.71 bits per heavy atom. The second-order valence-electron chi connectivity index (χ2n) is 0.550. The molecule has 0 aliphatic rings. The van der Waals surface area contributed by atoms with E-state index in [1.807, 2.05) is 0 Å². The van der Waals surface area contributed by atoms with E-state index in [1.165, 1.54) is 6.92 Å². The van der Waals surface area contributed by atoms with Gasteiger partial charge in [-0.05, 0) is 6.92 Å². The lowest BCUT2D eigenvalue weighted by Crippen LogP contribution is -1.40. The Labute approximate surface area is 41.7 Å². The van der Waals surface area contributed by atoms with Crippen molar-refractivity contribution in [1.82, 2.24) is 0 Å². The Hall–Kier alpha value is 0.0800. The van der Waals surface area contributed by atoms with Gasteiger partial charge in [0, 0.05) is 0 Å². The van der Waals surface area contributed by atoms with E-state index < -0.39 is 8.25 Å². The van der Waals surface area contributed by atoms with Crippen LogP contribution in [0.3, 0.4) is 0 Å². The minimum Gasteiger partial charge on any atom is -0.326 e. The smallest absolute Gasteiger partial charge is 0.314 e. The van der Waals surface area contributed by atoms with Crippen molar-refractivity contribution in [3.05, 3.63) is 0 Å². The van der Waals surface area contributed by atoms with E-state index in [0.717, 1.165) is 0 Å². The standard InChI is InChI=1S/C2H5F.H3O3P/c1-2-3;1-4(2)3/h2H2,1H3;4H,(H2,1,2,3). The lowest BCUT2D eigenvalue weighted by atomic mass is 10.9. The van der Waals surface area contributed by atoms with Crippen LogP contribution >= 0.6 is 8.25 Å². The molecule has 2 N–H and O–H groups in total. The van der Waals surface area contributed by atoms with Gasteiger partial charge in [0.2, 0.25) is 0 Å². The topological polar surface area (TPSA) is 57.5 Å². The Morgan fingerprint density at radius 2 is 1.71 bits per heavy atom. The molecule has 0 aromatic carbocycles. The molecule has 0 radical (unpaired) electrons. The summed E-state index contributed by atoms with van der Waals surface area (Å²) >= 11 is 0. The lowest BCUT2D eigenvalue weighted by Gasteiger charge is -1.61. The lowest BCUT2D eigenvalue weighted by molar-refractivity contribution is 0.405. The van der Waals surface area contributed by atoms with E-state index >= 15 is 0 Å². The second-order valence-corrected chi connectivity index (χ2v) is 1.11. The normalized spacial score (nSPS) is 7.57. The van der Waals surface area contributed by atoms with E-state index in [0.29, 0.717) is 0 Å². The van der Waals surface area contributed by atoms with Gasteiger partial charge in [0.05, 0.1) is 6.67 Å². The molecule has 46 valence electrons. The monoisotopic (exact) mass is 130 g/mol. The maximum atomic E-state index is 10.3. The van der Waals surface area contributed by atoms with E-state index in [-0.39, 0.29) is 6.67 Å². The maximum Gasteiger partial charge on any atom is 0.314 e. The Morgan fingerprint density at radius 3 is 1.71 bits per heavy atom. The number of alkyl halides is 1. The predicted octanol–water partition coefficient (Wildman–Crippen LogP) is 0.336. The van der Waals surface area contributed by atoms with Crippen LogP contribution in [0.4, 0.5) is 4.39 Å². The first-order valence-corrected chi connectivity index (χ1v) is 2.93. The zero-order valence-corrected chi connectivity index (χ0v) is 4.89. The number of halogens is 1. The van der Waals surface area contributed by atoms with E-state index in [1.54, 1.807) is 0 Å². The summed E-state index contributed by atoms with van der Waals surface area (Å²) in [4.78, 5) is 14.3. The number of hydrogen-bond acceptors (Lipinski definition) is 1. The average Bonchev–Trinajstić information content (AvgIpc) is 1.33. The number of rotatable bonds is 0. The Bertz CT molecular complexity index is 44.2. The van der Waals surface area contributed by atoms with Gasteiger partial charge >= 0.3 is 8.25 Å². The molecule has 0 atom stereocenters. The first kappa shape index (κ1) is 10.1. The molecule has 0 aromatic heterocycles. The van der Waals surface area contributed by atoms with Crippen molar-refractivity contribution in [1.29, 1.82) is 0 Å². The highest BCUT2D eigenvalue weighted by molar-refractivity contribution is 7.30. The Balaban J connectivity index is 0. The summed E-state index contributed by atoms with van der Waals surface area (Å²) in [7, 11) is -3.13. The molecule has 0 spiro atoms. The zero-order chi connectivity index (χ0) is 6.28. The molecule has 7 heavy (non-hydrogen) atoms. The summed E-state index contributed by atoms with van der Waals surface area (Å²) in [6.45, 7) is 1.21. The maximum absolute atomic E-state index is 10.3. The van der Waals surface area contributed by atoms with Crippen LogP contribution in [0.5, 0.6) is 0 Å². The fraction of sp³-hybridized carbons (Fsp3) is 1.00. The van der Waals surface area contributed by atoms with Crippen molar-refractivity contribution in [2.75, 3.05) is 6.67 Å². The van der Waals surface area contributed by atoms with Crippen molar-refractivity contribution in [3.8, 4) is 0 Å². The van der Waals surface area contributed by atoms with Gasteiger partial charge in [-0.15, -0.1) is 0 Å². The Kier molecular flexibility index (Phi) is 13.7. The quantitative estimate of drug-likeness (QED) is 0.465. The number of hydrogen-bond donors (Lipinski definition) is 2. The van der Waals surface area contributed by atoms with Crippen LogP contribution in [0.1, 0.15) is 6.92 Å². The molecule has 0 aliphatic heterocycles. The highest BCUT2D eigenvalue weighted by Gasteiger charge is 1.61. The molecule has 0 aliphatic carbocycles. The van der Waals surface area contributed by atoms with Crippen molar-refractivity contribution in [2.24, 2.45) is 0 Å². The third-order valence-electron chi connectivity index (χ3n) is 0. The summed E-state index contributed by atoms with van der Waals surface area (Å²) in [5.41, 5.74) is 0. The van der Waals surface area contributed by atoms with Gasteiger partial charge in [0.25, 0.3) is 0 Å². The zero-order valence-electron chi connectivity index (χ0n) is 3.89. The molecule has 0 heterocycles. The summed E-state index contributed by atoms with van der Waals surface area (Å²) in [6.07, 6.45) is 0. The van der Waals surface area contributed by atoms with E-state index in [4.69, 9.17) is 14.4 Å². The molecular weight excluding hydrogens is 122 g/mol. The summed E-state index contributed by atoms with van der Waals surface area (Å²) < 4.78 is 19.0. The highest BCUT2D eigenvalue weighted by atomic mass is 31.1. The molecule has 0 unspecified atom stereocenters. The molecule has 0 fully saturated rings. The van der Waals surface area contributed by atoms with Gasteiger partial charge < -0.3 is 9.79 Å². The van der Waals surface area contributed by atoms with Crippen molar-refractivity contribution < 1.29 is 18.7 Å². The van der Waals surface area contributed by atoms with E-state index in [9.17, 15) is 4.39 Å². The molecular formula is C2H8FO3P. The van der Waals surface area contributed by atoms with Crippen LogP contribution in [0.2, 0.25) is 0 Å². The van der Waals surface area contributed by atoms with Gasteiger partial charge in [0.1, 0.15) is 0 Å². The van der Waals surface area contributed by atoms with Gasteiger partial charge in [0.15, 0.2) is 0 Å². The van der Waals surface area contributed by atoms with Crippen LogP contribution in [-0.2, 0) is 4.57 Å². The molecule has 5 heteroatoms. The molecule has 0 saturated carbocycles. The van der Waals surface area contributed by atoms with Crippen LogP contribution in [0.25, 0.3) is 0 Å². The van der Waals surface area contributed by atoms with Gasteiger partial charge in [-0.25, -0.2) is 0 Å². The van der Waals surface area contributed by atoms with Crippen LogP contribution in [0.15, 0.2) is 0 Å². The minimum atomic E-state index is -3.13. The van der Waals surface area contributed by atoms with Crippen LogP contribution in [-0.4, -0.2) is 16.5 Å². The molecule has 0 amide bonds. The predicted molar refractivity (Wildman–Crippen MR) is 25.1 cm³/mol. The highest BCUT2D eigenvalue weighted by Crippen LogP contribution is 1.98. The minimum absolute atomic E-state index is 0.250. The van der Waals surface area contributed by atoms with Gasteiger partial charge in [-0.3, -0.25) is 8.96 Å². The van der Waals surface area contributed by atoms with Gasteiger partial charge in [-0.1, -0.05) is 0 Å². The summed E-state index contributed by atoms with van der Waals surface area (Å²) in [5.74, 6) is 0. The van der Waals surface area contributed by atoms with Gasteiger partial charge in [-0.2, -0.15) is 0 Å². The van der Waals surface area contributed by atoms with Crippen molar-refractivity contribution in [2.45, 2.75) is 6.92 Å². The summed E-state index contributed by atoms with van der Waals surface area (Å²) in [6, 6.07) is 0. The third kappa shape index (κ3) is 15800. The molecule has 0 saturated heterocycles. The first-order valence-electron chi connectivity index (χ1n) is 1.63. The third-order valence-corrected chi connectivity index (χ3v) is 0. The van der Waals surface area contributed by atoms with Crippen molar-refractivity contribution >= 4 is 8.25 Å². The van der Waals surface area contributed by atoms with Crippen LogP contribution < -0.4 is 0 Å². The largest absolute Gasteiger partial charge is 0.326 e.